The van der Waals surface area contributed by atoms with E-state index in [2.05, 4.69) is 26.3 Å². The lowest BCUT2D eigenvalue weighted by Gasteiger charge is -2.23. The number of carboxylic acid groups (broad SMARTS) is 1. The van der Waals surface area contributed by atoms with Crippen molar-refractivity contribution in [1.82, 2.24) is 16.0 Å². The third-order valence-corrected chi connectivity index (χ3v) is 5.94. The first kappa shape index (κ1) is 28.7. The van der Waals surface area contributed by atoms with Crippen molar-refractivity contribution in [2.75, 3.05) is 25.0 Å². The van der Waals surface area contributed by atoms with Gasteiger partial charge in [0.2, 0.25) is 5.91 Å². The highest BCUT2D eigenvalue weighted by atomic mass is 35.5. The predicted molar refractivity (Wildman–Crippen MR) is 144 cm³/mol. The van der Waals surface area contributed by atoms with Gasteiger partial charge in [-0.25, -0.2) is 0 Å². The number of rotatable bonds is 8. The molecule has 1 aliphatic heterocycles. The van der Waals surface area contributed by atoms with Gasteiger partial charge in [-0.2, -0.15) is 0 Å². The molecular weight excluding hydrogens is 514 g/mol. The second-order valence-electron chi connectivity index (χ2n) is 10.0. The van der Waals surface area contributed by atoms with Gasteiger partial charge in [0.25, 0.3) is 5.91 Å². The van der Waals surface area contributed by atoms with E-state index in [0.29, 0.717) is 28.8 Å². The third-order valence-electron chi connectivity index (χ3n) is 5.72. The van der Waals surface area contributed by atoms with Crippen LogP contribution in [0.1, 0.15) is 54.7 Å². The fourth-order valence-electron chi connectivity index (χ4n) is 3.75. The first-order valence-electron chi connectivity index (χ1n) is 12.0. The monoisotopic (exact) mass is 545 g/mol. The smallest absolute Gasteiger partial charge is 0.305 e. The van der Waals surface area contributed by atoms with Crippen molar-refractivity contribution < 1.29 is 29.7 Å². The lowest BCUT2D eigenvalue weighted by atomic mass is 9.85. The van der Waals surface area contributed by atoms with Crippen LogP contribution in [0.5, 0.6) is 5.75 Å². The fourth-order valence-corrected chi connectivity index (χ4v) is 3.99. The van der Waals surface area contributed by atoms with Crippen LogP contribution >= 0.6 is 11.6 Å². The summed E-state index contributed by atoms with van der Waals surface area (Å²) in [5, 5.41) is 40.3. The molecule has 0 bridgehead atoms. The molecule has 0 saturated carbocycles. The number of phenols is 1. The van der Waals surface area contributed by atoms with Crippen LogP contribution in [0, 0.1) is 0 Å². The molecule has 1 aliphatic rings. The van der Waals surface area contributed by atoms with E-state index in [1.54, 1.807) is 12.1 Å². The minimum atomic E-state index is -1.11. The first-order valence-corrected chi connectivity index (χ1v) is 12.4. The predicted octanol–water partition coefficient (Wildman–Crippen LogP) is 2.14. The molecule has 0 fully saturated rings. The molecule has 2 atom stereocenters. The molecule has 3 rings (SSSR count). The number of aliphatic hydroxyl groups is 1. The SMILES string of the molecule is CC(C)(C)c1cc(Cl)cc(C(CC(=O)O)NC(=O)CNC(=O)c2cc(O)cc(NC3=NCC(O)CN3)c2)c1. The second kappa shape index (κ2) is 12.1. The summed E-state index contributed by atoms with van der Waals surface area (Å²) in [6.45, 7) is 6.08. The van der Waals surface area contributed by atoms with Gasteiger partial charge in [0, 0.05) is 28.9 Å². The number of halogens is 1. The van der Waals surface area contributed by atoms with Gasteiger partial charge in [-0.05, 0) is 40.8 Å². The molecule has 2 aromatic rings. The Morgan fingerprint density at radius 3 is 2.53 bits per heavy atom. The van der Waals surface area contributed by atoms with E-state index in [0.717, 1.165) is 5.56 Å². The molecule has 2 aromatic carbocycles. The maximum Gasteiger partial charge on any atom is 0.305 e. The summed E-state index contributed by atoms with van der Waals surface area (Å²) < 4.78 is 0. The molecule has 1 heterocycles. The molecule has 2 amide bonds. The maximum absolute atomic E-state index is 12.7. The molecule has 7 N–H and O–H groups in total. The van der Waals surface area contributed by atoms with Gasteiger partial charge in [0.05, 0.1) is 31.7 Å². The van der Waals surface area contributed by atoms with E-state index in [9.17, 15) is 29.7 Å². The molecule has 204 valence electrons. The number of benzene rings is 2. The first-order chi connectivity index (χ1) is 17.8. The van der Waals surface area contributed by atoms with Crippen molar-refractivity contribution >= 4 is 41.0 Å². The van der Waals surface area contributed by atoms with Crippen molar-refractivity contribution in [3.05, 3.63) is 58.1 Å². The molecule has 0 radical (unpaired) electrons. The van der Waals surface area contributed by atoms with Crippen molar-refractivity contribution in [1.29, 1.82) is 0 Å². The zero-order valence-electron chi connectivity index (χ0n) is 21.3. The number of phenolic OH excluding ortho intramolecular Hbond substituents is 1. The van der Waals surface area contributed by atoms with Crippen LogP contribution in [0.2, 0.25) is 5.02 Å². The van der Waals surface area contributed by atoms with E-state index in [1.807, 2.05) is 26.8 Å². The van der Waals surface area contributed by atoms with Crippen LogP contribution in [0.4, 0.5) is 5.69 Å². The highest BCUT2D eigenvalue weighted by Gasteiger charge is 2.23. The Morgan fingerprint density at radius 1 is 1.16 bits per heavy atom. The van der Waals surface area contributed by atoms with Crippen LogP contribution in [-0.4, -0.2) is 64.8 Å². The number of aromatic hydroxyl groups is 1. The highest BCUT2D eigenvalue weighted by molar-refractivity contribution is 6.30. The lowest BCUT2D eigenvalue weighted by molar-refractivity contribution is -0.137. The van der Waals surface area contributed by atoms with Crippen LogP contribution < -0.4 is 21.3 Å². The zero-order valence-corrected chi connectivity index (χ0v) is 22.1. The quantitative estimate of drug-likeness (QED) is 0.264. The number of guanidine groups is 1. The highest BCUT2D eigenvalue weighted by Crippen LogP contribution is 2.30. The lowest BCUT2D eigenvalue weighted by Crippen LogP contribution is -2.42. The number of amides is 2. The molecular formula is C26H32ClN5O6. The van der Waals surface area contributed by atoms with Gasteiger partial charge in [-0.1, -0.05) is 38.4 Å². The summed E-state index contributed by atoms with van der Waals surface area (Å²) in [6, 6.07) is 8.45. The van der Waals surface area contributed by atoms with Crippen LogP contribution in [-0.2, 0) is 15.0 Å². The van der Waals surface area contributed by atoms with Crippen molar-refractivity contribution in [3.63, 3.8) is 0 Å². The number of β-amino-alcohol motifs (C(OH)–C–C–N with tert-alkyl or cyclic N) is 1. The van der Waals surface area contributed by atoms with Crippen molar-refractivity contribution in [2.45, 2.75) is 44.8 Å². The van der Waals surface area contributed by atoms with E-state index in [4.69, 9.17) is 11.6 Å². The molecule has 38 heavy (non-hydrogen) atoms. The summed E-state index contributed by atoms with van der Waals surface area (Å²) in [5.41, 5.74) is 1.64. The van der Waals surface area contributed by atoms with E-state index in [1.165, 1.54) is 18.2 Å². The van der Waals surface area contributed by atoms with E-state index < -0.39 is 36.5 Å². The Hall–Kier alpha value is -3.83. The summed E-state index contributed by atoms with van der Waals surface area (Å²) in [4.78, 5) is 41.0. The molecule has 11 nitrogen and oxygen atoms in total. The number of aliphatic imine (C=N–C) groups is 1. The van der Waals surface area contributed by atoms with Crippen LogP contribution in [0.25, 0.3) is 0 Å². The Kier molecular flexibility index (Phi) is 9.18. The zero-order chi connectivity index (χ0) is 28.0. The number of carboxylic acids is 1. The van der Waals surface area contributed by atoms with Crippen LogP contribution in [0.3, 0.4) is 0 Å². The number of anilines is 1. The Bertz CT molecular complexity index is 1240. The summed E-state index contributed by atoms with van der Waals surface area (Å²) in [5.74, 6) is -2.13. The minimum Gasteiger partial charge on any atom is -0.508 e. The Balaban J connectivity index is 1.67. The number of aliphatic carboxylic acids is 1. The van der Waals surface area contributed by atoms with Gasteiger partial charge >= 0.3 is 5.97 Å². The average molecular weight is 546 g/mol. The van der Waals surface area contributed by atoms with Gasteiger partial charge in [-0.15, -0.1) is 0 Å². The van der Waals surface area contributed by atoms with Gasteiger partial charge in [0.1, 0.15) is 5.75 Å². The van der Waals surface area contributed by atoms with E-state index >= 15 is 0 Å². The number of hydrogen-bond acceptors (Lipinski definition) is 8. The average Bonchev–Trinajstić information content (AvgIpc) is 2.82. The topological polar surface area (TPSA) is 172 Å². The van der Waals surface area contributed by atoms with Crippen LogP contribution in [0.15, 0.2) is 41.4 Å². The van der Waals surface area contributed by atoms with Gasteiger partial charge < -0.3 is 36.6 Å². The number of carbonyl (C=O) groups excluding carboxylic acids is 2. The van der Waals surface area contributed by atoms with Gasteiger partial charge in [-0.3, -0.25) is 19.4 Å². The molecule has 12 heteroatoms. The third kappa shape index (κ3) is 8.35. The fraction of sp³-hybridized carbons (Fsp3) is 0.385. The summed E-state index contributed by atoms with van der Waals surface area (Å²) in [7, 11) is 0. The second-order valence-corrected chi connectivity index (χ2v) is 10.5. The van der Waals surface area contributed by atoms with E-state index in [-0.39, 0.29) is 29.7 Å². The van der Waals surface area contributed by atoms with Crippen molar-refractivity contribution in [3.8, 4) is 5.75 Å². The molecule has 0 aromatic heterocycles. The largest absolute Gasteiger partial charge is 0.508 e. The van der Waals surface area contributed by atoms with Crippen molar-refractivity contribution in [2.24, 2.45) is 4.99 Å². The molecule has 0 aliphatic carbocycles. The minimum absolute atomic E-state index is 0.0866. The Labute approximate surface area is 225 Å². The molecule has 0 spiro atoms. The maximum atomic E-state index is 12.7. The normalized spacial score (nSPS) is 16.0. The number of nitrogens with one attached hydrogen (secondary N) is 4. The summed E-state index contributed by atoms with van der Waals surface area (Å²) in [6.07, 6.45) is -0.966. The molecule has 0 saturated heterocycles. The standard InChI is InChI=1S/C26H32ClN5O6/c1-26(2,3)16-4-14(5-17(27)8-16)21(10-23(36)37)32-22(35)13-28-24(38)15-6-18(9-19(33)7-15)31-25-29-11-20(34)12-30-25/h4-9,20-21,33-34H,10-13H2,1-3H3,(H,28,38)(H,32,35)(H,36,37)(H2,29,30,31). The Morgan fingerprint density at radius 2 is 1.89 bits per heavy atom. The summed E-state index contributed by atoms with van der Waals surface area (Å²) >= 11 is 6.27. The number of hydrogen-bond donors (Lipinski definition) is 7. The molecule has 2 unspecified atom stereocenters. The number of aliphatic hydroxyl groups excluding tert-OH is 1. The van der Waals surface area contributed by atoms with Gasteiger partial charge in [0.15, 0.2) is 5.96 Å². The number of nitrogens with zero attached hydrogens (tertiary/aromatic N) is 1. The number of carbonyl (C=O) groups is 3.